The Morgan fingerprint density at radius 2 is 2.00 bits per heavy atom. The Morgan fingerprint density at radius 1 is 1.15 bits per heavy atom. The van der Waals surface area contributed by atoms with Crippen LogP contribution < -0.4 is 5.32 Å². The molecule has 0 unspecified atom stereocenters. The lowest BCUT2D eigenvalue weighted by molar-refractivity contribution is 0.443. The van der Waals surface area contributed by atoms with Crippen molar-refractivity contribution in [2.45, 2.75) is 38.1 Å². The van der Waals surface area contributed by atoms with Crippen LogP contribution >= 0.6 is 0 Å². The van der Waals surface area contributed by atoms with Crippen LogP contribution in [0.1, 0.15) is 32.1 Å². The maximum Gasteiger partial charge on any atom is 0.147 e. The van der Waals surface area contributed by atoms with E-state index in [1.165, 1.54) is 32.1 Å². The molecule has 2 nitrogen and oxygen atoms in total. The van der Waals surface area contributed by atoms with Crippen molar-refractivity contribution in [3.8, 4) is 0 Å². The van der Waals surface area contributed by atoms with E-state index in [0.29, 0.717) is 6.04 Å². The van der Waals surface area contributed by atoms with Crippen LogP contribution in [0.25, 0.3) is 0 Å². The molecule has 1 aliphatic heterocycles. The van der Waals surface area contributed by atoms with Crippen molar-refractivity contribution in [1.29, 1.82) is 0 Å². The predicted octanol–water partition coefficient (Wildman–Crippen LogP) is 2.41. The van der Waals surface area contributed by atoms with Crippen LogP contribution in [0.3, 0.4) is 0 Å². The molecular weight excluding hydrogens is 160 g/mol. The van der Waals surface area contributed by atoms with Crippen LogP contribution in [-0.4, -0.2) is 11.9 Å². The fourth-order valence-electron chi connectivity index (χ4n) is 1.83. The van der Waals surface area contributed by atoms with Crippen molar-refractivity contribution in [3.63, 3.8) is 0 Å². The van der Waals surface area contributed by atoms with E-state index < -0.39 is 0 Å². The van der Waals surface area contributed by atoms with Gasteiger partial charge in [0.1, 0.15) is 5.84 Å². The van der Waals surface area contributed by atoms with E-state index in [-0.39, 0.29) is 0 Å². The van der Waals surface area contributed by atoms with Gasteiger partial charge in [0.25, 0.3) is 0 Å². The summed E-state index contributed by atoms with van der Waals surface area (Å²) >= 11 is 0. The topological polar surface area (TPSA) is 26.5 Å². The Balaban J connectivity index is 1.93. The first-order chi connectivity index (χ1) is 6.45. The highest BCUT2D eigenvalue weighted by Crippen LogP contribution is 2.20. The van der Waals surface area contributed by atoms with Gasteiger partial charge in [-0.05, 0) is 25.0 Å². The summed E-state index contributed by atoms with van der Waals surface area (Å²) in [5.41, 5.74) is 0. The molecule has 0 aromatic carbocycles. The lowest BCUT2D eigenvalue weighted by Gasteiger charge is -2.18. The van der Waals surface area contributed by atoms with Crippen LogP contribution in [-0.2, 0) is 0 Å². The van der Waals surface area contributed by atoms with Gasteiger partial charge >= 0.3 is 0 Å². The number of aliphatic imine (C=N–C) groups is 1. The first-order valence-electron chi connectivity index (χ1n) is 5.07. The second kappa shape index (κ2) is 4.26. The highest BCUT2D eigenvalue weighted by molar-refractivity contribution is 5.94. The molecule has 0 atom stereocenters. The van der Waals surface area contributed by atoms with Gasteiger partial charge in [0.2, 0.25) is 0 Å². The minimum absolute atomic E-state index is 0.531. The molecular formula is C11H15N2. The van der Waals surface area contributed by atoms with Crippen molar-refractivity contribution in [3.05, 3.63) is 24.4 Å². The van der Waals surface area contributed by atoms with Gasteiger partial charge in [0.05, 0.1) is 6.04 Å². The Morgan fingerprint density at radius 3 is 2.69 bits per heavy atom. The molecule has 0 aromatic heterocycles. The molecule has 0 aromatic rings. The monoisotopic (exact) mass is 175 g/mol. The average molecular weight is 175 g/mol. The summed E-state index contributed by atoms with van der Waals surface area (Å²) in [6.07, 6.45) is 14.3. The summed E-state index contributed by atoms with van der Waals surface area (Å²) in [5, 5.41) is 4.21. The van der Waals surface area contributed by atoms with Gasteiger partial charge in [0, 0.05) is 6.20 Å². The normalized spacial score (nSPS) is 26.3. The molecule has 2 rings (SSSR count). The first-order valence-corrected chi connectivity index (χ1v) is 5.07. The zero-order valence-corrected chi connectivity index (χ0v) is 7.82. The standard InChI is InChI=1S/C11H15N2/c1-2-6-10(7-3-1)13-11-8-4-5-9-12-11/h4-5,8-10H,1-3,6-7H2/b13-11-. The molecule has 1 radical (unpaired) electrons. The Hall–Kier alpha value is -1.05. The quantitative estimate of drug-likeness (QED) is 0.585. The van der Waals surface area contributed by atoms with Crippen LogP contribution in [0.15, 0.2) is 29.4 Å². The lowest BCUT2D eigenvalue weighted by atomic mass is 9.96. The van der Waals surface area contributed by atoms with Crippen molar-refractivity contribution in [2.75, 3.05) is 0 Å². The number of nitrogens with zero attached hydrogens (tertiary/aromatic N) is 2. The maximum absolute atomic E-state index is 4.61. The molecule has 2 heteroatoms. The number of hydrogen-bond acceptors (Lipinski definition) is 1. The summed E-state index contributed by atoms with van der Waals surface area (Å²) < 4.78 is 0. The van der Waals surface area contributed by atoms with Gasteiger partial charge in [-0.25, -0.2) is 5.32 Å². The van der Waals surface area contributed by atoms with Crippen molar-refractivity contribution in [1.82, 2.24) is 5.32 Å². The van der Waals surface area contributed by atoms with Gasteiger partial charge in [-0.2, -0.15) is 0 Å². The van der Waals surface area contributed by atoms with E-state index in [2.05, 4.69) is 10.3 Å². The van der Waals surface area contributed by atoms with Crippen molar-refractivity contribution in [2.24, 2.45) is 4.99 Å². The average Bonchev–Trinajstić information content (AvgIpc) is 2.21. The predicted molar refractivity (Wildman–Crippen MR) is 54.7 cm³/mol. The third-order valence-corrected chi connectivity index (χ3v) is 2.54. The van der Waals surface area contributed by atoms with Crippen LogP contribution in [0.5, 0.6) is 0 Å². The van der Waals surface area contributed by atoms with Gasteiger partial charge in [-0.3, -0.25) is 4.99 Å². The smallest absolute Gasteiger partial charge is 0.147 e. The number of amidine groups is 1. The SMILES string of the molecule is C1=C[N]/C(=N\C2CCCCC2)C=C1. The highest BCUT2D eigenvalue weighted by atomic mass is 15.0. The van der Waals surface area contributed by atoms with Gasteiger partial charge in [-0.15, -0.1) is 0 Å². The molecule has 0 spiro atoms. The summed E-state index contributed by atoms with van der Waals surface area (Å²) in [6.45, 7) is 0. The Kier molecular flexibility index (Phi) is 2.80. The molecule has 0 bridgehead atoms. The largest absolute Gasteiger partial charge is 0.263 e. The maximum atomic E-state index is 4.61. The zero-order chi connectivity index (χ0) is 8.93. The second-order valence-electron chi connectivity index (χ2n) is 3.61. The van der Waals surface area contributed by atoms with Crippen LogP contribution in [0.4, 0.5) is 0 Å². The number of allylic oxidation sites excluding steroid dienone is 2. The van der Waals surface area contributed by atoms with E-state index in [1.807, 2.05) is 24.4 Å². The fourth-order valence-corrected chi connectivity index (χ4v) is 1.83. The fraction of sp³-hybridized carbons (Fsp3) is 0.545. The third kappa shape index (κ3) is 2.44. The van der Waals surface area contributed by atoms with Gasteiger partial charge in [0.15, 0.2) is 0 Å². The molecule has 0 saturated heterocycles. The Bertz CT molecular complexity index is 245. The number of hydrogen-bond donors (Lipinski definition) is 0. The summed E-state index contributed by atoms with van der Waals surface area (Å²) in [6, 6.07) is 0.531. The van der Waals surface area contributed by atoms with E-state index in [1.54, 1.807) is 0 Å². The minimum atomic E-state index is 0.531. The van der Waals surface area contributed by atoms with Crippen molar-refractivity contribution >= 4 is 5.84 Å². The summed E-state index contributed by atoms with van der Waals surface area (Å²) in [7, 11) is 0. The summed E-state index contributed by atoms with van der Waals surface area (Å²) in [4.78, 5) is 4.61. The highest BCUT2D eigenvalue weighted by Gasteiger charge is 2.12. The van der Waals surface area contributed by atoms with Gasteiger partial charge in [-0.1, -0.05) is 25.3 Å². The second-order valence-corrected chi connectivity index (χ2v) is 3.61. The zero-order valence-electron chi connectivity index (χ0n) is 7.82. The molecule has 0 amide bonds. The minimum Gasteiger partial charge on any atom is -0.263 e. The molecule has 1 heterocycles. The molecule has 69 valence electrons. The van der Waals surface area contributed by atoms with E-state index in [9.17, 15) is 0 Å². The third-order valence-electron chi connectivity index (χ3n) is 2.54. The van der Waals surface area contributed by atoms with E-state index in [4.69, 9.17) is 0 Å². The van der Waals surface area contributed by atoms with E-state index in [0.717, 1.165) is 5.84 Å². The molecule has 1 aliphatic carbocycles. The molecule has 1 fully saturated rings. The summed E-state index contributed by atoms with van der Waals surface area (Å²) in [5.74, 6) is 0.898. The molecule has 0 N–H and O–H groups in total. The van der Waals surface area contributed by atoms with Crippen LogP contribution in [0.2, 0.25) is 0 Å². The van der Waals surface area contributed by atoms with Crippen LogP contribution in [0, 0.1) is 0 Å². The lowest BCUT2D eigenvalue weighted by Crippen LogP contribution is -2.16. The molecule has 2 aliphatic rings. The first kappa shape index (κ1) is 8.54. The Labute approximate surface area is 79.4 Å². The van der Waals surface area contributed by atoms with Crippen molar-refractivity contribution < 1.29 is 0 Å². The molecule has 13 heavy (non-hydrogen) atoms. The van der Waals surface area contributed by atoms with Gasteiger partial charge < -0.3 is 0 Å². The number of rotatable bonds is 1. The van der Waals surface area contributed by atoms with E-state index >= 15 is 0 Å². The molecule has 1 saturated carbocycles.